The monoisotopic (exact) mass is 738 g/mol. The fraction of sp³-hybridized carbons (Fsp3) is 0.0536. The van der Waals surface area contributed by atoms with E-state index >= 15 is 0 Å². The van der Waals surface area contributed by atoms with Crippen molar-refractivity contribution in [3.63, 3.8) is 0 Å². The van der Waals surface area contributed by atoms with Crippen molar-refractivity contribution in [3.8, 4) is 50.2 Å². The molecule has 0 bridgehead atoms. The molecule has 0 atom stereocenters. The molecular weight excluding hydrogens is 701 g/mol. The maximum atomic E-state index is 5.02. The molecule has 0 aliphatic carbocycles. The van der Waals surface area contributed by atoms with Crippen molar-refractivity contribution in [3.05, 3.63) is 205 Å². The first kappa shape index (κ1) is 32.9. The standard InChI is InChI=1S/C56H38N2/c1-2-53-57-51-17-9-14-46-32-43-25-24-42(34-52(43)58(53)56(46)51)38-20-18-37(19-21-38)41-28-29-49-50(33-41)55(45-27-23-36-11-4-6-13-40(36)31-45)48-16-8-7-15-47(48)54(49)44-26-22-35-10-3-5-12-39(35)30-44/h3-31,33-34H,2,32H2,1H3. The largest absolute Gasteiger partial charge is 0.296 e. The maximum Gasteiger partial charge on any atom is 0.114 e. The molecule has 0 spiro atoms. The van der Waals surface area contributed by atoms with Crippen LogP contribution in [0.3, 0.4) is 0 Å². The highest BCUT2D eigenvalue weighted by molar-refractivity contribution is 6.22. The summed E-state index contributed by atoms with van der Waals surface area (Å²) in [5.74, 6) is 1.12. The van der Waals surface area contributed by atoms with Gasteiger partial charge in [-0.15, -0.1) is 0 Å². The van der Waals surface area contributed by atoms with Gasteiger partial charge in [-0.2, -0.15) is 0 Å². The molecule has 0 radical (unpaired) electrons. The minimum atomic E-state index is 0.889. The molecule has 58 heavy (non-hydrogen) atoms. The van der Waals surface area contributed by atoms with E-state index in [2.05, 4.69) is 200 Å². The highest BCUT2D eigenvalue weighted by Gasteiger charge is 2.23. The van der Waals surface area contributed by atoms with Gasteiger partial charge in [-0.3, -0.25) is 4.57 Å². The smallest absolute Gasteiger partial charge is 0.114 e. The molecule has 1 aliphatic heterocycles. The van der Waals surface area contributed by atoms with E-state index in [9.17, 15) is 0 Å². The number of rotatable bonds is 5. The van der Waals surface area contributed by atoms with E-state index in [-0.39, 0.29) is 0 Å². The summed E-state index contributed by atoms with van der Waals surface area (Å²) >= 11 is 0. The average Bonchev–Trinajstić information content (AvgIpc) is 3.68. The van der Waals surface area contributed by atoms with Gasteiger partial charge in [-0.25, -0.2) is 4.98 Å². The minimum absolute atomic E-state index is 0.889. The molecule has 11 aromatic rings. The van der Waals surface area contributed by atoms with Crippen molar-refractivity contribution in [2.24, 2.45) is 0 Å². The van der Waals surface area contributed by atoms with Gasteiger partial charge in [0.25, 0.3) is 0 Å². The van der Waals surface area contributed by atoms with Crippen molar-refractivity contribution in [2.45, 2.75) is 19.8 Å². The quantitative estimate of drug-likeness (QED) is 0.161. The number of hydrogen-bond donors (Lipinski definition) is 0. The first-order valence-electron chi connectivity index (χ1n) is 20.4. The molecule has 2 heterocycles. The van der Waals surface area contributed by atoms with Crippen LogP contribution in [0.5, 0.6) is 0 Å². The third-order valence-electron chi connectivity index (χ3n) is 12.5. The van der Waals surface area contributed by atoms with E-state index in [4.69, 9.17) is 4.98 Å². The zero-order valence-electron chi connectivity index (χ0n) is 32.2. The molecule has 2 heteroatoms. The normalized spacial score (nSPS) is 12.2. The zero-order valence-corrected chi connectivity index (χ0v) is 32.2. The summed E-state index contributed by atoms with van der Waals surface area (Å²) in [6.07, 6.45) is 1.82. The van der Waals surface area contributed by atoms with E-state index < -0.39 is 0 Å². The molecule has 0 fully saturated rings. The molecule has 0 saturated carbocycles. The van der Waals surface area contributed by atoms with Gasteiger partial charge in [0.1, 0.15) is 5.82 Å². The molecule has 0 N–H and O–H groups in total. The van der Waals surface area contributed by atoms with Gasteiger partial charge in [-0.1, -0.05) is 165 Å². The SMILES string of the molecule is CCc1nc2cccc3c2n1-c1cc(-c2ccc(-c4ccc5c(-c6ccc7ccccc7c6)c6ccccc6c(-c6ccc7ccccc7c6)c5c4)cc2)ccc1C3. The molecule has 2 nitrogen and oxygen atoms in total. The summed E-state index contributed by atoms with van der Waals surface area (Å²) in [6, 6.07) is 69.9. The van der Waals surface area contributed by atoms with Gasteiger partial charge in [0.15, 0.2) is 0 Å². The summed E-state index contributed by atoms with van der Waals surface area (Å²) in [5, 5.41) is 10.0. The summed E-state index contributed by atoms with van der Waals surface area (Å²) in [6.45, 7) is 2.20. The van der Waals surface area contributed by atoms with Crippen LogP contribution in [0.2, 0.25) is 0 Å². The van der Waals surface area contributed by atoms with Crippen LogP contribution in [-0.2, 0) is 12.8 Å². The van der Waals surface area contributed by atoms with E-state index in [1.54, 1.807) is 0 Å². The highest BCUT2D eigenvalue weighted by Crippen LogP contribution is 2.46. The van der Waals surface area contributed by atoms with E-state index in [1.807, 2.05) is 0 Å². The number of hydrogen-bond acceptors (Lipinski definition) is 1. The lowest BCUT2D eigenvalue weighted by molar-refractivity contribution is 0.884. The fourth-order valence-electron chi connectivity index (χ4n) is 9.71. The fourth-order valence-corrected chi connectivity index (χ4v) is 9.71. The highest BCUT2D eigenvalue weighted by atomic mass is 15.1. The van der Waals surface area contributed by atoms with Crippen LogP contribution in [-0.4, -0.2) is 9.55 Å². The summed E-state index contributed by atoms with van der Waals surface area (Å²) in [5.41, 5.74) is 16.2. The van der Waals surface area contributed by atoms with Crippen molar-refractivity contribution in [1.29, 1.82) is 0 Å². The number of nitrogens with zero attached hydrogens (tertiary/aromatic N) is 2. The maximum absolute atomic E-state index is 5.02. The Morgan fingerprint density at radius 2 is 0.948 bits per heavy atom. The van der Waals surface area contributed by atoms with Gasteiger partial charge < -0.3 is 0 Å². The second-order valence-corrected chi connectivity index (χ2v) is 15.8. The van der Waals surface area contributed by atoms with Crippen LogP contribution in [0.1, 0.15) is 23.9 Å². The molecule has 0 amide bonds. The van der Waals surface area contributed by atoms with Gasteiger partial charge in [0.2, 0.25) is 0 Å². The second kappa shape index (κ2) is 12.9. The van der Waals surface area contributed by atoms with Gasteiger partial charge in [0.05, 0.1) is 16.7 Å². The van der Waals surface area contributed by atoms with Crippen molar-refractivity contribution in [2.75, 3.05) is 0 Å². The molecule has 12 rings (SSSR count). The Hall–Kier alpha value is -7.29. The first-order chi connectivity index (χ1) is 28.7. The van der Waals surface area contributed by atoms with Crippen molar-refractivity contribution < 1.29 is 0 Å². The Labute approximate surface area is 337 Å². The van der Waals surface area contributed by atoms with Crippen molar-refractivity contribution >= 4 is 54.1 Å². The molecule has 272 valence electrons. The van der Waals surface area contributed by atoms with Crippen LogP contribution in [0, 0.1) is 0 Å². The third kappa shape index (κ3) is 5.08. The Bertz CT molecular complexity index is 3460. The van der Waals surface area contributed by atoms with Crippen LogP contribution in [0.4, 0.5) is 0 Å². The number of fused-ring (bicyclic) bond motifs is 6. The summed E-state index contributed by atoms with van der Waals surface area (Å²) in [7, 11) is 0. The lowest BCUT2D eigenvalue weighted by atomic mass is 9.84. The molecule has 1 aromatic heterocycles. The summed E-state index contributed by atoms with van der Waals surface area (Å²) in [4.78, 5) is 5.02. The molecule has 10 aromatic carbocycles. The Morgan fingerprint density at radius 3 is 1.60 bits per heavy atom. The number of para-hydroxylation sites is 1. The van der Waals surface area contributed by atoms with Gasteiger partial charge in [-0.05, 0) is 129 Å². The lowest BCUT2D eigenvalue weighted by Crippen LogP contribution is -2.10. The van der Waals surface area contributed by atoms with Crippen LogP contribution in [0.25, 0.3) is 104 Å². The topological polar surface area (TPSA) is 17.8 Å². The Morgan fingerprint density at radius 1 is 0.414 bits per heavy atom. The first-order valence-corrected chi connectivity index (χ1v) is 20.4. The Balaban J connectivity index is 1.02. The molecule has 0 saturated heterocycles. The number of aryl methyl sites for hydroxylation is 1. The average molecular weight is 739 g/mol. The second-order valence-electron chi connectivity index (χ2n) is 15.8. The van der Waals surface area contributed by atoms with E-state index in [1.165, 1.54) is 110 Å². The number of imidazole rings is 1. The lowest BCUT2D eigenvalue weighted by Gasteiger charge is -2.21. The van der Waals surface area contributed by atoms with E-state index in [0.29, 0.717) is 0 Å². The predicted molar refractivity (Wildman–Crippen MR) is 245 cm³/mol. The minimum Gasteiger partial charge on any atom is -0.296 e. The predicted octanol–water partition coefficient (Wildman–Crippen LogP) is 14.8. The summed E-state index contributed by atoms with van der Waals surface area (Å²) < 4.78 is 2.40. The van der Waals surface area contributed by atoms with Crippen LogP contribution >= 0.6 is 0 Å². The number of benzene rings is 10. The molecular formula is C56H38N2. The Kier molecular flexibility index (Phi) is 7.30. The van der Waals surface area contributed by atoms with Gasteiger partial charge in [0, 0.05) is 12.8 Å². The third-order valence-corrected chi connectivity index (χ3v) is 12.5. The van der Waals surface area contributed by atoms with Gasteiger partial charge >= 0.3 is 0 Å². The zero-order chi connectivity index (χ0) is 38.3. The van der Waals surface area contributed by atoms with E-state index in [0.717, 1.165) is 24.2 Å². The number of aromatic nitrogens is 2. The molecule has 1 aliphatic rings. The van der Waals surface area contributed by atoms with Crippen LogP contribution < -0.4 is 0 Å². The van der Waals surface area contributed by atoms with Crippen molar-refractivity contribution in [1.82, 2.24) is 9.55 Å². The molecule has 0 unspecified atom stereocenters. The van der Waals surface area contributed by atoms with Crippen LogP contribution in [0.15, 0.2) is 188 Å².